The van der Waals surface area contributed by atoms with E-state index >= 15 is 0 Å². The Morgan fingerprint density at radius 1 is 1.00 bits per heavy atom. The highest BCUT2D eigenvalue weighted by molar-refractivity contribution is 7.86. The lowest BCUT2D eigenvalue weighted by Crippen LogP contribution is -2.50. The Labute approximate surface area is 411 Å². The second kappa shape index (κ2) is 19.6. The van der Waals surface area contributed by atoms with Gasteiger partial charge in [0.1, 0.15) is 47.4 Å². The first kappa shape index (κ1) is 52.6. The molecule has 1 saturated heterocycles. The number of amides is 2. The lowest BCUT2D eigenvalue weighted by atomic mass is 9.88. The molecular weight excluding hydrogens is 1010 g/mol. The number of aliphatic hydroxyl groups excluding tert-OH is 1. The molecule has 4 aliphatic rings. The summed E-state index contributed by atoms with van der Waals surface area (Å²) in [5.41, 5.74) is 9.75. The average molecular weight is 1060 g/mol. The van der Waals surface area contributed by atoms with Crippen molar-refractivity contribution in [2.45, 2.75) is 90.0 Å². The van der Waals surface area contributed by atoms with Gasteiger partial charge in [-0.3, -0.25) is 18.4 Å². The SMILES string of the molecule is CCN1c2cc3c(cc2C(C)=CC1(C)C)N=c1cc2c(cc1O3)=[N+](CCCC(=O)NCCNC(=O)O[C@H]1[C@@H](O)[C@H](n3cnc4c(N)ncnc43)O[C@@H]1COP(=O)(O)OP(=O)(O)O)C(C)(C)C=C2CS(=O)(=O)O. The number of ether oxygens (including phenoxy) is 3. The normalized spacial score (nSPS) is 21.7. The molecule has 0 aliphatic carbocycles. The third-order valence-electron chi connectivity index (χ3n) is 12.4. The molecule has 1 unspecified atom stereocenters. The van der Waals surface area contributed by atoms with E-state index in [1.165, 1.54) is 10.9 Å². The fraction of sp³-hybridized carbons (Fsp3) is 0.465. The summed E-state index contributed by atoms with van der Waals surface area (Å²) in [6.45, 7) is 12.1. The van der Waals surface area contributed by atoms with Crippen LogP contribution in [0.1, 0.15) is 71.7 Å². The number of carbonyl (C=O) groups is 2. The van der Waals surface area contributed by atoms with Gasteiger partial charge in [0.2, 0.25) is 11.3 Å². The van der Waals surface area contributed by atoms with Gasteiger partial charge in [-0.2, -0.15) is 12.7 Å². The van der Waals surface area contributed by atoms with Gasteiger partial charge in [-0.25, -0.2) is 38.4 Å². The number of aromatic nitrogens is 4. The Hall–Kier alpha value is -5.70. The van der Waals surface area contributed by atoms with E-state index in [-0.39, 0.29) is 47.9 Å². The Morgan fingerprint density at radius 2 is 1.74 bits per heavy atom. The van der Waals surface area contributed by atoms with Crippen LogP contribution in [0, 0.1) is 0 Å². The number of anilines is 2. The fourth-order valence-electron chi connectivity index (χ4n) is 9.54. The van der Waals surface area contributed by atoms with E-state index in [0.717, 1.165) is 29.7 Å². The van der Waals surface area contributed by atoms with E-state index in [2.05, 4.69) is 68.6 Å². The van der Waals surface area contributed by atoms with E-state index in [9.17, 15) is 41.7 Å². The van der Waals surface area contributed by atoms with Gasteiger partial charge >= 0.3 is 21.7 Å². The van der Waals surface area contributed by atoms with Crippen molar-refractivity contribution in [1.29, 1.82) is 0 Å². The summed E-state index contributed by atoms with van der Waals surface area (Å²) in [6, 6.07) is 7.54. The van der Waals surface area contributed by atoms with E-state index in [0.29, 0.717) is 52.0 Å². The van der Waals surface area contributed by atoms with Crippen molar-refractivity contribution in [2.24, 2.45) is 4.99 Å². The van der Waals surface area contributed by atoms with Gasteiger partial charge in [0.15, 0.2) is 40.8 Å². The summed E-state index contributed by atoms with van der Waals surface area (Å²) in [5.74, 6) is -0.00239. The van der Waals surface area contributed by atoms with Gasteiger partial charge in [0.25, 0.3) is 10.1 Å². The molecule has 2 aromatic heterocycles. The maximum Gasteiger partial charge on any atom is 0.481 e. The van der Waals surface area contributed by atoms with Gasteiger partial charge in [-0.1, -0.05) is 6.08 Å². The molecule has 26 nitrogen and oxygen atoms in total. The molecule has 9 N–H and O–H groups in total. The van der Waals surface area contributed by atoms with Crippen LogP contribution in [0.3, 0.4) is 0 Å². The number of phosphoric ester groups is 1. The van der Waals surface area contributed by atoms with Gasteiger partial charge in [0, 0.05) is 63.6 Å². The molecule has 5 atom stereocenters. The van der Waals surface area contributed by atoms with Crippen LogP contribution >= 0.6 is 15.6 Å². The van der Waals surface area contributed by atoms with Crippen molar-refractivity contribution in [1.82, 2.24) is 34.7 Å². The topological polar surface area (TPSA) is 362 Å². The number of imidazole rings is 1. The van der Waals surface area contributed by atoms with Gasteiger partial charge in [-0.15, -0.1) is 0 Å². The molecule has 0 saturated carbocycles. The monoisotopic (exact) mass is 1060 g/mol. The van der Waals surface area contributed by atoms with Crippen LogP contribution in [-0.4, -0.2) is 132 Å². The third-order valence-corrected chi connectivity index (χ3v) is 15.3. The van der Waals surface area contributed by atoms with Crippen LogP contribution in [0.5, 0.6) is 11.5 Å². The summed E-state index contributed by atoms with van der Waals surface area (Å²) >= 11 is 0. The molecule has 2 aromatic carbocycles. The molecule has 4 aromatic rings. The predicted molar refractivity (Wildman–Crippen MR) is 258 cm³/mol. The highest BCUT2D eigenvalue weighted by Gasteiger charge is 2.49. The number of hydrogen-bond acceptors (Lipinski definition) is 18. The van der Waals surface area contributed by atoms with Crippen molar-refractivity contribution in [2.75, 3.05) is 49.2 Å². The number of phosphoric acid groups is 2. The quantitative estimate of drug-likeness (QED) is 0.0286. The number of benzene rings is 2. The number of carbonyl (C=O) groups excluding carboxylic acids is 2. The van der Waals surface area contributed by atoms with Crippen LogP contribution in [0.15, 0.2) is 54.1 Å². The van der Waals surface area contributed by atoms with Gasteiger partial charge in [0.05, 0.1) is 30.1 Å². The number of nitrogens with one attached hydrogen (secondary N) is 2. The Bertz CT molecular complexity index is 3270. The molecule has 4 aliphatic heterocycles. The first-order chi connectivity index (χ1) is 33.6. The molecular formula is C43H55N10O16P2S+. The van der Waals surface area contributed by atoms with E-state index in [1.807, 2.05) is 30.6 Å². The highest BCUT2D eigenvalue weighted by Crippen LogP contribution is 2.58. The highest BCUT2D eigenvalue weighted by atomic mass is 32.2. The molecule has 8 rings (SSSR count). The fourth-order valence-corrected chi connectivity index (χ4v) is 11.8. The molecule has 388 valence electrons. The largest absolute Gasteiger partial charge is 0.481 e. The van der Waals surface area contributed by atoms with Crippen LogP contribution in [0.2, 0.25) is 0 Å². The van der Waals surface area contributed by atoms with E-state index in [4.69, 9.17) is 39.2 Å². The number of allylic oxidation sites excluding steroid dienone is 1. The van der Waals surface area contributed by atoms with E-state index < -0.39 is 74.3 Å². The van der Waals surface area contributed by atoms with Crippen molar-refractivity contribution in [3.63, 3.8) is 0 Å². The molecule has 0 radical (unpaired) electrons. The van der Waals surface area contributed by atoms with Crippen molar-refractivity contribution in [3.8, 4) is 11.5 Å². The standard InChI is InChI=1S/C43H54N10O16P2S/c1-7-52-29-15-31-27(13-25(29)23(2)17-42(52,3)4)50-28-14-26-24(20-72(62,63)64)18-43(5,6)53(30(26)16-32(28)66-31)12-8-9-34(54)45-10-11-46-41(56)68-37-33(19-65-71(60,61)69-70(57,58)59)67-40(36(37)55)51-22-49-35-38(44)47-21-48-39(35)51/h13-18,21-22,33,36-37,40,55H,7-12,19-20H2,1-6H3,(H7-,44,45,46,47,48,54,56,57,58,59,60,61,62,63,64)/p+1/t33-,36-,37-,40-/m1/s1. The van der Waals surface area contributed by atoms with Crippen molar-refractivity contribution >= 4 is 77.3 Å². The lowest BCUT2D eigenvalue weighted by Gasteiger charge is -2.43. The zero-order valence-corrected chi connectivity index (χ0v) is 42.4. The first-order valence-corrected chi connectivity index (χ1v) is 27.2. The number of nitrogens with zero attached hydrogens (tertiary/aromatic N) is 7. The number of rotatable bonds is 17. The molecule has 2 amide bonds. The molecule has 0 spiro atoms. The zero-order chi connectivity index (χ0) is 52.3. The summed E-state index contributed by atoms with van der Waals surface area (Å²) in [6.07, 6.45) is -0.718. The summed E-state index contributed by atoms with van der Waals surface area (Å²) in [4.78, 5) is 73.3. The summed E-state index contributed by atoms with van der Waals surface area (Å²) in [5, 5.41) is 17.5. The number of hydrogen-bond donors (Lipinski definition) is 8. The van der Waals surface area contributed by atoms with Crippen molar-refractivity contribution < 1.29 is 74.5 Å². The minimum absolute atomic E-state index is 0.00141. The molecule has 72 heavy (non-hydrogen) atoms. The summed E-state index contributed by atoms with van der Waals surface area (Å²) < 4.78 is 87.6. The van der Waals surface area contributed by atoms with E-state index in [1.54, 1.807) is 18.2 Å². The number of nitrogen functional groups attached to an aromatic ring is 1. The number of fused-ring (bicyclic) bond motifs is 5. The maximum atomic E-state index is 13.1. The first-order valence-electron chi connectivity index (χ1n) is 22.5. The Balaban J connectivity index is 0.924. The van der Waals surface area contributed by atoms with Crippen LogP contribution in [-0.2, 0) is 42.4 Å². The van der Waals surface area contributed by atoms with Crippen LogP contribution in [0.25, 0.3) is 22.3 Å². The number of nitrogens with two attached hydrogens (primary N) is 1. The Morgan fingerprint density at radius 3 is 2.44 bits per heavy atom. The minimum Gasteiger partial charge on any atom is -0.452 e. The van der Waals surface area contributed by atoms with Crippen LogP contribution in [0.4, 0.5) is 22.0 Å². The summed E-state index contributed by atoms with van der Waals surface area (Å²) in [7, 11) is -15.3. The average Bonchev–Trinajstić information content (AvgIpc) is 3.82. The molecule has 6 heterocycles. The molecule has 0 bridgehead atoms. The second-order valence-corrected chi connectivity index (χ2v) is 22.8. The smallest absolute Gasteiger partial charge is 0.452 e. The zero-order valence-electron chi connectivity index (χ0n) is 39.8. The predicted octanol–water partition coefficient (Wildman–Crippen LogP) is 2.22. The lowest BCUT2D eigenvalue weighted by molar-refractivity contribution is -0.121. The number of alkyl carbamates (subject to hydrolysis) is 1. The number of aliphatic hydroxyl groups is 1. The minimum atomic E-state index is -5.49. The molecule has 29 heteroatoms. The Kier molecular flexibility index (Phi) is 14.3. The third kappa shape index (κ3) is 11.3. The van der Waals surface area contributed by atoms with Gasteiger partial charge in [-0.05, 0) is 57.0 Å². The molecule has 1 fully saturated rings. The maximum absolute atomic E-state index is 13.1. The van der Waals surface area contributed by atoms with Crippen molar-refractivity contribution in [3.05, 3.63) is 70.9 Å². The van der Waals surface area contributed by atoms with Gasteiger partial charge < -0.3 is 55.3 Å². The van der Waals surface area contributed by atoms with Crippen LogP contribution < -0.4 is 41.3 Å². The second-order valence-electron chi connectivity index (χ2n) is 18.5. The number of likely N-dealkylation sites (N-methyl/N-ethyl adjacent to an activating group) is 1.